The average molecular weight is 667 g/mol. The van der Waals surface area contributed by atoms with Crippen molar-refractivity contribution in [2.45, 2.75) is 38.2 Å². The topological polar surface area (TPSA) is 147 Å². The number of nitrogens with one attached hydrogen (secondary N) is 2. The third-order valence-corrected chi connectivity index (χ3v) is 8.37. The van der Waals surface area contributed by atoms with Crippen LogP contribution < -0.4 is 14.8 Å². The van der Waals surface area contributed by atoms with Crippen LogP contribution in [0.5, 0.6) is 11.6 Å². The maximum Gasteiger partial charge on any atom is 0.407 e. The molecule has 0 spiro atoms. The van der Waals surface area contributed by atoms with Crippen molar-refractivity contribution in [2.24, 2.45) is 0 Å². The van der Waals surface area contributed by atoms with Gasteiger partial charge in [-0.3, -0.25) is 4.72 Å². The highest BCUT2D eigenvalue weighted by Gasteiger charge is 2.31. The lowest BCUT2D eigenvalue weighted by atomic mass is 10.0. The molecule has 2 unspecified atom stereocenters. The van der Waals surface area contributed by atoms with Crippen LogP contribution in [0.2, 0.25) is 0 Å². The van der Waals surface area contributed by atoms with Crippen LogP contribution in [0.3, 0.4) is 0 Å². The number of pyridine rings is 1. The van der Waals surface area contributed by atoms with Gasteiger partial charge in [-0.2, -0.15) is 13.2 Å². The second-order valence-corrected chi connectivity index (χ2v) is 12.4. The summed E-state index contributed by atoms with van der Waals surface area (Å²) >= 11 is 0. The van der Waals surface area contributed by atoms with Gasteiger partial charge in [0.05, 0.1) is 35.7 Å². The number of anilines is 2. The molecule has 0 saturated carbocycles. The lowest BCUT2D eigenvalue weighted by Crippen LogP contribution is -2.49. The van der Waals surface area contributed by atoms with Crippen molar-refractivity contribution in [3.05, 3.63) is 66.2 Å². The van der Waals surface area contributed by atoms with Crippen molar-refractivity contribution in [3.8, 4) is 22.9 Å². The average Bonchev–Trinajstić information content (AvgIpc) is 2.99. The number of nitrogens with zero attached hydrogens (tertiary/aromatic N) is 4. The monoisotopic (exact) mass is 666 g/mol. The normalized spacial score (nSPS) is 17.1. The van der Waals surface area contributed by atoms with E-state index in [0.717, 1.165) is 11.0 Å². The molecule has 1 aliphatic heterocycles. The van der Waals surface area contributed by atoms with Gasteiger partial charge in [0.15, 0.2) is 0 Å². The summed E-state index contributed by atoms with van der Waals surface area (Å²) in [5.74, 6) is -1.96. The highest BCUT2D eigenvalue weighted by Crippen LogP contribution is 2.40. The Morgan fingerprint density at radius 1 is 1.09 bits per heavy atom. The Bertz CT molecular complexity index is 1880. The quantitative estimate of drug-likeness (QED) is 0.180. The van der Waals surface area contributed by atoms with Gasteiger partial charge in [0.25, 0.3) is 0 Å². The first-order chi connectivity index (χ1) is 21.7. The number of aryl methyl sites for hydroxylation is 1. The van der Waals surface area contributed by atoms with E-state index >= 15 is 0 Å². The second-order valence-electron chi connectivity index (χ2n) is 10.6. The molecule has 17 heteroatoms. The summed E-state index contributed by atoms with van der Waals surface area (Å²) in [4.78, 5) is 25.3. The number of likely N-dealkylation sites (tertiary alicyclic amines) is 1. The summed E-state index contributed by atoms with van der Waals surface area (Å²) in [6, 6.07) is 9.52. The van der Waals surface area contributed by atoms with Gasteiger partial charge < -0.3 is 20.1 Å². The molecule has 0 radical (unpaired) electrons. The first kappa shape index (κ1) is 32.6. The fourth-order valence-electron chi connectivity index (χ4n) is 4.98. The molecular formula is C29H27F5N6O5S. The molecule has 2 aromatic carbocycles. The van der Waals surface area contributed by atoms with Crippen LogP contribution in [0.4, 0.5) is 38.4 Å². The number of carboxylic acid groups (broad SMARTS) is 1. The van der Waals surface area contributed by atoms with E-state index in [1.54, 1.807) is 25.1 Å². The van der Waals surface area contributed by atoms with E-state index in [2.05, 4.69) is 20.3 Å². The predicted octanol–water partition coefficient (Wildman–Crippen LogP) is 6.13. The van der Waals surface area contributed by atoms with Crippen molar-refractivity contribution in [1.82, 2.24) is 19.9 Å². The molecule has 3 heterocycles. The molecular weight excluding hydrogens is 639 g/mol. The lowest BCUT2D eigenvalue weighted by molar-refractivity contribution is -0.129. The molecule has 1 fully saturated rings. The molecule has 5 rings (SSSR count). The molecule has 1 amide bonds. The van der Waals surface area contributed by atoms with Crippen LogP contribution in [-0.2, 0) is 10.0 Å². The number of aromatic nitrogens is 3. The van der Waals surface area contributed by atoms with Gasteiger partial charge in [0.2, 0.25) is 21.9 Å². The molecule has 1 aliphatic rings. The molecule has 0 aliphatic carbocycles. The lowest BCUT2D eigenvalue weighted by Gasteiger charge is -2.33. The Morgan fingerprint density at radius 2 is 1.85 bits per heavy atom. The molecule has 46 heavy (non-hydrogen) atoms. The fourth-order valence-corrected chi connectivity index (χ4v) is 6.10. The van der Waals surface area contributed by atoms with Gasteiger partial charge in [-0.1, -0.05) is 12.1 Å². The standard InChI is InChI=1S/C29H27F5N6O5S/c1-16-4-5-19-20(6-7-22(31)24(19)39-46(43,44)12-9-29(32,33)34)25(16)45-26-21(3-2-10-35-26)23-8-11-36-27(38-23)37-18-13-17(30)14-40(15-18)28(41)42/h2-8,10-11,17-18,39H,9,12-15H2,1H3,(H,41,42)(H,36,37,38). The maximum atomic E-state index is 14.9. The number of fused-ring (bicyclic) bond motifs is 1. The van der Waals surface area contributed by atoms with E-state index in [9.17, 15) is 40.3 Å². The van der Waals surface area contributed by atoms with Crippen molar-refractivity contribution >= 4 is 38.5 Å². The Kier molecular flexibility index (Phi) is 9.14. The zero-order valence-electron chi connectivity index (χ0n) is 24.1. The number of piperidine rings is 1. The number of hydrogen-bond donors (Lipinski definition) is 3. The maximum absolute atomic E-state index is 14.9. The van der Waals surface area contributed by atoms with E-state index in [1.807, 2.05) is 4.72 Å². The van der Waals surface area contributed by atoms with Crippen LogP contribution in [0.25, 0.3) is 22.0 Å². The number of halogens is 5. The summed E-state index contributed by atoms with van der Waals surface area (Å²) < 4.78 is 100. The Balaban J connectivity index is 1.45. The minimum atomic E-state index is -4.72. The number of ether oxygens (including phenoxy) is 1. The first-order valence-electron chi connectivity index (χ1n) is 13.8. The Morgan fingerprint density at radius 3 is 2.59 bits per heavy atom. The van der Waals surface area contributed by atoms with Gasteiger partial charge >= 0.3 is 12.3 Å². The predicted molar refractivity (Wildman–Crippen MR) is 159 cm³/mol. The number of alkyl halides is 4. The van der Waals surface area contributed by atoms with Crippen LogP contribution in [-0.4, -0.2) is 76.7 Å². The van der Waals surface area contributed by atoms with Crippen LogP contribution in [0, 0.1) is 12.7 Å². The highest BCUT2D eigenvalue weighted by molar-refractivity contribution is 7.92. The Labute approximate surface area is 259 Å². The fraction of sp³-hybridized carbons (Fsp3) is 0.310. The third kappa shape index (κ3) is 7.70. The zero-order chi connectivity index (χ0) is 33.2. The Hall–Kier alpha value is -4.80. The first-order valence-corrected chi connectivity index (χ1v) is 15.5. The molecule has 1 saturated heterocycles. The molecule has 2 aromatic heterocycles. The molecule has 4 aromatic rings. The summed E-state index contributed by atoms with van der Waals surface area (Å²) in [6.45, 7) is 1.49. The molecule has 0 bridgehead atoms. The number of benzene rings is 2. The van der Waals surface area contributed by atoms with Crippen molar-refractivity contribution in [1.29, 1.82) is 0 Å². The smallest absolute Gasteiger partial charge is 0.407 e. The molecule has 3 N–H and O–H groups in total. The van der Waals surface area contributed by atoms with Crippen molar-refractivity contribution in [3.63, 3.8) is 0 Å². The SMILES string of the molecule is Cc1ccc2c(NS(=O)(=O)CCC(F)(F)F)c(F)ccc2c1Oc1ncccc1-c1ccnc(NC2CC(F)CN(C(=O)O)C2)n1. The van der Waals surface area contributed by atoms with Gasteiger partial charge in [-0.15, -0.1) is 0 Å². The van der Waals surface area contributed by atoms with Crippen molar-refractivity contribution < 1.29 is 45.0 Å². The van der Waals surface area contributed by atoms with E-state index in [-0.39, 0.29) is 47.9 Å². The number of rotatable bonds is 9. The summed E-state index contributed by atoms with van der Waals surface area (Å²) in [5.41, 5.74) is 0.744. The van der Waals surface area contributed by atoms with Crippen molar-refractivity contribution in [2.75, 3.05) is 28.9 Å². The third-order valence-electron chi connectivity index (χ3n) is 7.11. The van der Waals surface area contributed by atoms with Gasteiger partial charge in [-0.25, -0.2) is 36.9 Å². The number of sulfonamides is 1. The zero-order valence-corrected chi connectivity index (χ0v) is 24.9. The summed E-state index contributed by atoms with van der Waals surface area (Å²) in [5, 5.41) is 12.5. The van der Waals surface area contributed by atoms with E-state index in [1.165, 1.54) is 30.6 Å². The van der Waals surface area contributed by atoms with Gasteiger partial charge in [0.1, 0.15) is 17.7 Å². The van der Waals surface area contributed by atoms with Gasteiger partial charge in [0, 0.05) is 42.2 Å². The molecule has 244 valence electrons. The number of carbonyl (C=O) groups is 1. The number of hydrogen-bond acceptors (Lipinski definition) is 8. The minimum absolute atomic E-state index is 0.0338. The van der Waals surface area contributed by atoms with E-state index in [0.29, 0.717) is 16.8 Å². The highest BCUT2D eigenvalue weighted by atomic mass is 32.2. The van der Waals surface area contributed by atoms with E-state index in [4.69, 9.17) is 4.74 Å². The molecule has 11 nitrogen and oxygen atoms in total. The minimum Gasteiger partial charge on any atom is -0.465 e. The van der Waals surface area contributed by atoms with Gasteiger partial charge in [-0.05, 0) is 42.8 Å². The summed E-state index contributed by atoms with van der Waals surface area (Å²) in [7, 11) is -4.57. The number of amides is 1. The molecule has 2 atom stereocenters. The van der Waals surface area contributed by atoms with Crippen LogP contribution >= 0.6 is 0 Å². The second kappa shape index (κ2) is 12.9. The van der Waals surface area contributed by atoms with Crippen LogP contribution in [0.15, 0.2) is 54.9 Å². The van der Waals surface area contributed by atoms with Crippen LogP contribution in [0.1, 0.15) is 18.4 Å². The largest absolute Gasteiger partial charge is 0.465 e. The summed E-state index contributed by atoms with van der Waals surface area (Å²) in [6.07, 6.45) is -5.99. The van der Waals surface area contributed by atoms with E-state index < -0.39 is 58.2 Å².